The second-order valence-electron chi connectivity index (χ2n) is 4.69. The summed E-state index contributed by atoms with van der Waals surface area (Å²) in [5, 5.41) is 9.49. The van der Waals surface area contributed by atoms with Crippen molar-refractivity contribution >= 4 is 16.2 Å². The maximum atomic E-state index is 11.9. The summed E-state index contributed by atoms with van der Waals surface area (Å²) in [5.41, 5.74) is 1.49. The first-order valence-corrected chi connectivity index (χ1v) is 8.30. The van der Waals surface area contributed by atoms with E-state index in [1.54, 1.807) is 6.07 Å². The summed E-state index contributed by atoms with van der Waals surface area (Å²) >= 11 is 0. The van der Waals surface area contributed by atoms with Crippen LogP contribution in [0.1, 0.15) is 11.1 Å². The summed E-state index contributed by atoms with van der Waals surface area (Å²) in [6.07, 6.45) is 1.67. The number of rotatable bonds is 6. The Kier molecular flexibility index (Phi) is 5.16. The van der Waals surface area contributed by atoms with Gasteiger partial charge in [-0.1, -0.05) is 30.3 Å². The number of methoxy groups -OCH3 is 1. The van der Waals surface area contributed by atoms with Gasteiger partial charge in [-0.3, -0.25) is 0 Å². The molecule has 0 unspecified atom stereocenters. The number of phenols is 1. The molecule has 0 heterocycles. The largest absolute Gasteiger partial charge is 0.504 e. The fraction of sp³-hybridized carbons (Fsp3) is 0.188. The van der Waals surface area contributed by atoms with E-state index in [1.165, 1.54) is 25.5 Å². The highest BCUT2D eigenvalue weighted by molar-refractivity contribution is 7.90. The van der Waals surface area contributed by atoms with Gasteiger partial charge in [-0.05, 0) is 35.7 Å². The Morgan fingerprint density at radius 3 is 2.59 bits per heavy atom. The minimum Gasteiger partial charge on any atom is -0.504 e. The van der Waals surface area contributed by atoms with Gasteiger partial charge in [0.25, 0.3) is 10.0 Å². The zero-order chi connectivity index (χ0) is 16.0. The van der Waals surface area contributed by atoms with Gasteiger partial charge in [0.05, 0.1) is 12.9 Å². The van der Waals surface area contributed by atoms with Crippen molar-refractivity contribution in [2.45, 2.75) is 6.42 Å². The number of sulfonamides is 1. The van der Waals surface area contributed by atoms with E-state index in [0.717, 1.165) is 5.56 Å². The van der Waals surface area contributed by atoms with Gasteiger partial charge in [-0.2, -0.15) is 4.40 Å². The van der Waals surface area contributed by atoms with Crippen LogP contribution in [-0.4, -0.2) is 32.6 Å². The van der Waals surface area contributed by atoms with Crippen molar-refractivity contribution in [3.63, 3.8) is 0 Å². The van der Waals surface area contributed by atoms with E-state index >= 15 is 0 Å². The molecule has 0 bridgehead atoms. The lowest BCUT2D eigenvalue weighted by Gasteiger charge is -2.03. The third-order valence-corrected chi connectivity index (χ3v) is 4.20. The van der Waals surface area contributed by atoms with Gasteiger partial charge < -0.3 is 9.84 Å². The molecule has 0 atom stereocenters. The highest BCUT2D eigenvalue weighted by Crippen LogP contribution is 2.25. The summed E-state index contributed by atoms with van der Waals surface area (Å²) in [4.78, 5) is 0. The Labute approximate surface area is 130 Å². The van der Waals surface area contributed by atoms with Crippen molar-refractivity contribution in [3.8, 4) is 11.5 Å². The lowest BCUT2D eigenvalue weighted by Crippen LogP contribution is -2.06. The Morgan fingerprint density at radius 2 is 1.91 bits per heavy atom. The monoisotopic (exact) mass is 319 g/mol. The van der Waals surface area contributed by atoms with Crippen LogP contribution in [0.15, 0.2) is 52.9 Å². The number of benzene rings is 2. The molecular formula is C16H17NO4S. The fourth-order valence-corrected chi connectivity index (χ4v) is 2.74. The predicted molar refractivity (Wildman–Crippen MR) is 86.2 cm³/mol. The number of nitrogens with zero attached hydrogens (tertiary/aromatic N) is 1. The van der Waals surface area contributed by atoms with E-state index < -0.39 is 10.0 Å². The summed E-state index contributed by atoms with van der Waals surface area (Å²) in [6.45, 7) is 0. The molecule has 0 fully saturated rings. The number of aromatic hydroxyl groups is 1. The highest BCUT2D eigenvalue weighted by Gasteiger charge is 2.08. The van der Waals surface area contributed by atoms with Crippen LogP contribution >= 0.6 is 0 Å². The molecule has 0 saturated carbocycles. The third kappa shape index (κ3) is 4.60. The molecule has 116 valence electrons. The highest BCUT2D eigenvalue weighted by atomic mass is 32.2. The number of phenolic OH excluding ortho intramolecular Hbond substituents is 1. The zero-order valence-corrected chi connectivity index (χ0v) is 13.0. The summed E-state index contributed by atoms with van der Waals surface area (Å²) in [7, 11) is -2.12. The van der Waals surface area contributed by atoms with Crippen LogP contribution < -0.4 is 4.74 Å². The molecule has 0 aliphatic heterocycles. The van der Waals surface area contributed by atoms with Crippen LogP contribution in [0.2, 0.25) is 0 Å². The van der Waals surface area contributed by atoms with Crippen LogP contribution in [0.3, 0.4) is 0 Å². The first-order chi connectivity index (χ1) is 10.5. The zero-order valence-electron chi connectivity index (χ0n) is 12.1. The molecule has 0 amide bonds. The van der Waals surface area contributed by atoms with Crippen molar-refractivity contribution < 1.29 is 18.3 Å². The van der Waals surface area contributed by atoms with Gasteiger partial charge >= 0.3 is 0 Å². The molecule has 2 aromatic carbocycles. The molecule has 0 spiro atoms. The minimum atomic E-state index is -3.54. The van der Waals surface area contributed by atoms with Crippen molar-refractivity contribution in [1.82, 2.24) is 0 Å². The van der Waals surface area contributed by atoms with E-state index in [0.29, 0.717) is 12.0 Å². The average Bonchev–Trinajstić information content (AvgIpc) is 2.53. The average molecular weight is 319 g/mol. The van der Waals surface area contributed by atoms with E-state index in [9.17, 15) is 13.5 Å². The Bertz CT molecular complexity index is 755. The first-order valence-electron chi connectivity index (χ1n) is 6.69. The third-order valence-electron chi connectivity index (χ3n) is 3.06. The molecule has 5 nitrogen and oxygen atoms in total. The Morgan fingerprint density at radius 1 is 1.18 bits per heavy atom. The molecule has 0 radical (unpaired) electrons. The lowest BCUT2D eigenvalue weighted by molar-refractivity contribution is 0.373. The molecule has 22 heavy (non-hydrogen) atoms. The van der Waals surface area contributed by atoms with E-state index in [2.05, 4.69) is 4.40 Å². The molecule has 0 aliphatic rings. The SMILES string of the molecule is COc1cc(/C=N/S(=O)(=O)CCc2ccccc2)ccc1O. The standard InChI is InChI=1S/C16H17NO4S/c1-21-16-11-14(7-8-15(16)18)12-17-22(19,20)10-9-13-5-3-2-4-6-13/h2-8,11-12,18H,9-10H2,1H3/b17-12+. The van der Waals surface area contributed by atoms with E-state index in [1.807, 2.05) is 30.3 Å². The fourth-order valence-electron chi connectivity index (χ4n) is 1.86. The Balaban J connectivity index is 2.05. The van der Waals surface area contributed by atoms with Crippen LogP contribution in [0.4, 0.5) is 0 Å². The summed E-state index contributed by atoms with van der Waals surface area (Å²) in [6, 6.07) is 13.9. The smallest absolute Gasteiger partial charge is 0.253 e. The van der Waals surface area contributed by atoms with Gasteiger partial charge in [0.15, 0.2) is 11.5 Å². The van der Waals surface area contributed by atoms with Crippen molar-refractivity contribution in [3.05, 3.63) is 59.7 Å². The van der Waals surface area contributed by atoms with Crippen LogP contribution in [0, 0.1) is 0 Å². The van der Waals surface area contributed by atoms with E-state index in [-0.39, 0.29) is 17.3 Å². The quantitative estimate of drug-likeness (QED) is 0.830. The van der Waals surface area contributed by atoms with Crippen molar-refractivity contribution in [2.24, 2.45) is 4.40 Å². The number of ether oxygens (including phenoxy) is 1. The lowest BCUT2D eigenvalue weighted by atomic mass is 10.2. The number of aryl methyl sites for hydroxylation is 1. The summed E-state index contributed by atoms with van der Waals surface area (Å²) in [5.74, 6) is 0.208. The topological polar surface area (TPSA) is 76.0 Å². The van der Waals surface area contributed by atoms with Gasteiger partial charge in [0.1, 0.15) is 0 Å². The molecular weight excluding hydrogens is 302 g/mol. The molecule has 2 rings (SSSR count). The van der Waals surface area contributed by atoms with Crippen LogP contribution in [0.5, 0.6) is 11.5 Å². The van der Waals surface area contributed by atoms with Gasteiger partial charge in [0, 0.05) is 6.21 Å². The maximum absolute atomic E-state index is 11.9. The van der Waals surface area contributed by atoms with Gasteiger partial charge in [-0.15, -0.1) is 0 Å². The van der Waals surface area contributed by atoms with E-state index in [4.69, 9.17) is 4.74 Å². The van der Waals surface area contributed by atoms with Gasteiger partial charge in [0.2, 0.25) is 0 Å². The van der Waals surface area contributed by atoms with Crippen LogP contribution in [0.25, 0.3) is 0 Å². The first kappa shape index (κ1) is 16.0. The van der Waals surface area contributed by atoms with Crippen molar-refractivity contribution in [2.75, 3.05) is 12.9 Å². The molecule has 0 saturated heterocycles. The van der Waals surface area contributed by atoms with Gasteiger partial charge in [-0.25, -0.2) is 8.42 Å². The second-order valence-corrected chi connectivity index (χ2v) is 6.47. The second kappa shape index (κ2) is 7.09. The Hall–Kier alpha value is -2.34. The molecule has 1 N–H and O–H groups in total. The van der Waals surface area contributed by atoms with Crippen molar-refractivity contribution in [1.29, 1.82) is 0 Å². The molecule has 0 aromatic heterocycles. The normalized spacial score (nSPS) is 11.7. The molecule has 6 heteroatoms. The predicted octanol–water partition coefficient (Wildman–Crippen LogP) is 2.39. The molecule has 0 aliphatic carbocycles. The maximum Gasteiger partial charge on any atom is 0.253 e. The number of hydrogen-bond acceptors (Lipinski definition) is 4. The minimum absolute atomic E-state index is 0.00779. The summed E-state index contributed by atoms with van der Waals surface area (Å²) < 4.78 is 32.5. The number of hydrogen-bond donors (Lipinski definition) is 1. The molecule has 2 aromatic rings. The van der Waals surface area contributed by atoms with Crippen LogP contribution in [-0.2, 0) is 16.4 Å².